The molecule has 18 heavy (non-hydrogen) atoms. The van der Waals surface area contributed by atoms with E-state index in [1.807, 2.05) is 20.8 Å². The number of rotatable bonds is 3. The van der Waals surface area contributed by atoms with E-state index in [0.717, 1.165) is 0 Å². The first-order chi connectivity index (χ1) is 8.26. The van der Waals surface area contributed by atoms with E-state index in [2.05, 4.69) is 10.6 Å². The van der Waals surface area contributed by atoms with Gasteiger partial charge in [0, 0.05) is 17.8 Å². The number of carbonyl (C=O) groups excluding carboxylic acids is 2. The number of nitrogens with one attached hydrogen (secondary N) is 2. The number of urea groups is 1. The van der Waals surface area contributed by atoms with Crippen molar-refractivity contribution in [3.63, 3.8) is 0 Å². The van der Waals surface area contributed by atoms with Crippen LogP contribution in [-0.4, -0.2) is 11.9 Å². The second kappa shape index (κ2) is 5.53. The monoisotopic (exact) mass is 249 g/mol. The van der Waals surface area contributed by atoms with Gasteiger partial charge in [-0.05, 0) is 29.7 Å². The Hall–Kier alpha value is -2.04. The van der Waals surface area contributed by atoms with E-state index in [1.54, 1.807) is 24.3 Å². The Morgan fingerprint density at radius 1 is 1.06 bits per heavy atom. The van der Waals surface area contributed by atoms with Gasteiger partial charge in [-0.1, -0.05) is 20.8 Å². The molecule has 0 atom stereocenters. The van der Waals surface area contributed by atoms with Gasteiger partial charge in [0.1, 0.15) is 0 Å². The summed E-state index contributed by atoms with van der Waals surface area (Å²) in [7, 11) is 0. The molecule has 0 heterocycles. The van der Waals surface area contributed by atoms with Crippen LogP contribution in [0.25, 0.3) is 0 Å². The third-order valence-corrected chi connectivity index (χ3v) is 2.13. The molecule has 0 unspecified atom stereocenters. The van der Waals surface area contributed by atoms with E-state index in [-0.39, 0.29) is 11.3 Å². The van der Waals surface area contributed by atoms with E-state index in [4.69, 9.17) is 5.73 Å². The summed E-state index contributed by atoms with van der Waals surface area (Å²) in [5, 5.41) is 5.25. The maximum Gasteiger partial charge on any atom is 0.316 e. The van der Waals surface area contributed by atoms with Crippen LogP contribution in [0.2, 0.25) is 0 Å². The van der Waals surface area contributed by atoms with Crippen molar-refractivity contribution in [2.75, 3.05) is 10.6 Å². The van der Waals surface area contributed by atoms with Crippen molar-refractivity contribution in [2.45, 2.75) is 27.2 Å². The van der Waals surface area contributed by atoms with Crippen LogP contribution >= 0.6 is 0 Å². The minimum Gasteiger partial charge on any atom is -0.351 e. The normalized spacial score (nSPS) is 10.8. The molecule has 5 nitrogen and oxygen atoms in total. The first kappa shape index (κ1) is 14.0. The SMILES string of the molecule is CC(C)(C)CC(=O)Nc1ccc(NC(N)=O)cc1. The van der Waals surface area contributed by atoms with E-state index in [1.165, 1.54) is 0 Å². The summed E-state index contributed by atoms with van der Waals surface area (Å²) in [4.78, 5) is 22.3. The van der Waals surface area contributed by atoms with Crippen LogP contribution in [0.4, 0.5) is 16.2 Å². The number of hydrogen-bond acceptors (Lipinski definition) is 2. The number of primary amides is 1. The Labute approximate surface area is 107 Å². The summed E-state index contributed by atoms with van der Waals surface area (Å²) in [5.41, 5.74) is 6.24. The molecule has 0 aliphatic rings. The Bertz CT molecular complexity index is 433. The Kier molecular flexibility index (Phi) is 4.31. The quantitative estimate of drug-likeness (QED) is 0.769. The number of nitrogens with two attached hydrogens (primary N) is 1. The molecular formula is C13H19N3O2. The van der Waals surface area contributed by atoms with Gasteiger partial charge in [0.2, 0.25) is 5.91 Å². The molecular weight excluding hydrogens is 230 g/mol. The van der Waals surface area contributed by atoms with E-state index >= 15 is 0 Å². The smallest absolute Gasteiger partial charge is 0.316 e. The first-order valence-electron chi connectivity index (χ1n) is 5.73. The summed E-state index contributed by atoms with van der Waals surface area (Å²) in [6.07, 6.45) is 0.453. The van der Waals surface area contributed by atoms with Crippen LogP contribution in [-0.2, 0) is 4.79 Å². The topological polar surface area (TPSA) is 84.2 Å². The van der Waals surface area contributed by atoms with Crippen molar-refractivity contribution in [1.29, 1.82) is 0 Å². The molecule has 98 valence electrons. The van der Waals surface area contributed by atoms with Gasteiger partial charge in [0.25, 0.3) is 0 Å². The average molecular weight is 249 g/mol. The van der Waals surface area contributed by atoms with Crippen molar-refractivity contribution in [1.82, 2.24) is 0 Å². The van der Waals surface area contributed by atoms with Gasteiger partial charge in [0.15, 0.2) is 0 Å². The van der Waals surface area contributed by atoms with Crippen LogP contribution in [0.15, 0.2) is 24.3 Å². The average Bonchev–Trinajstić information content (AvgIpc) is 2.17. The van der Waals surface area contributed by atoms with Gasteiger partial charge < -0.3 is 16.4 Å². The van der Waals surface area contributed by atoms with Gasteiger partial charge in [-0.3, -0.25) is 4.79 Å². The highest BCUT2D eigenvalue weighted by Crippen LogP contribution is 2.20. The Morgan fingerprint density at radius 3 is 1.89 bits per heavy atom. The third-order valence-electron chi connectivity index (χ3n) is 2.13. The van der Waals surface area contributed by atoms with Crippen LogP contribution in [0.5, 0.6) is 0 Å². The van der Waals surface area contributed by atoms with Crippen LogP contribution in [0, 0.1) is 5.41 Å². The van der Waals surface area contributed by atoms with Crippen molar-refractivity contribution in [3.8, 4) is 0 Å². The largest absolute Gasteiger partial charge is 0.351 e. The lowest BCUT2D eigenvalue weighted by atomic mass is 9.92. The van der Waals surface area contributed by atoms with Crippen molar-refractivity contribution < 1.29 is 9.59 Å². The number of benzene rings is 1. The molecule has 0 aliphatic carbocycles. The molecule has 1 rings (SSSR count). The van der Waals surface area contributed by atoms with Crippen molar-refractivity contribution in [3.05, 3.63) is 24.3 Å². The van der Waals surface area contributed by atoms with Crippen molar-refractivity contribution >= 4 is 23.3 Å². The van der Waals surface area contributed by atoms with E-state index in [9.17, 15) is 9.59 Å². The third kappa shape index (κ3) is 5.34. The van der Waals surface area contributed by atoms with E-state index in [0.29, 0.717) is 17.8 Å². The number of carbonyl (C=O) groups is 2. The molecule has 0 saturated carbocycles. The van der Waals surface area contributed by atoms with E-state index < -0.39 is 6.03 Å². The van der Waals surface area contributed by atoms with Gasteiger partial charge in [-0.2, -0.15) is 0 Å². The second-order valence-corrected chi connectivity index (χ2v) is 5.35. The Morgan fingerprint density at radius 2 is 1.50 bits per heavy atom. The standard InChI is InChI=1S/C13H19N3O2/c1-13(2,3)8-11(17)15-9-4-6-10(7-5-9)16-12(14)18/h4-7H,8H2,1-3H3,(H,15,17)(H3,14,16,18). The maximum absolute atomic E-state index is 11.7. The van der Waals surface area contributed by atoms with Crippen molar-refractivity contribution in [2.24, 2.45) is 11.1 Å². The highest BCUT2D eigenvalue weighted by atomic mass is 16.2. The fraction of sp³-hybridized carbons (Fsp3) is 0.385. The molecule has 0 fully saturated rings. The van der Waals surface area contributed by atoms with Crippen LogP contribution < -0.4 is 16.4 Å². The minimum absolute atomic E-state index is 0.0295. The second-order valence-electron chi connectivity index (χ2n) is 5.35. The van der Waals surface area contributed by atoms with Crippen LogP contribution in [0.1, 0.15) is 27.2 Å². The molecule has 1 aromatic rings. The lowest BCUT2D eigenvalue weighted by molar-refractivity contribution is -0.117. The predicted molar refractivity (Wildman–Crippen MR) is 72.3 cm³/mol. The summed E-state index contributed by atoms with van der Waals surface area (Å²) in [6.45, 7) is 6.02. The molecule has 0 aromatic heterocycles. The van der Waals surface area contributed by atoms with Gasteiger partial charge in [0.05, 0.1) is 0 Å². The molecule has 0 bridgehead atoms. The number of hydrogen-bond donors (Lipinski definition) is 3. The molecule has 0 spiro atoms. The van der Waals surface area contributed by atoms with Gasteiger partial charge >= 0.3 is 6.03 Å². The predicted octanol–water partition coefficient (Wildman–Crippen LogP) is 2.55. The zero-order valence-electron chi connectivity index (χ0n) is 10.9. The number of amides is 3. The summed E-state index contributed by atoms with van der Waals surface area (Å²) in [5.74, 6) is -0.0295. The first-order valence-corrected chi connectivity index (χ1v) is 5.73. The number of anilines is 2. The fourth-order valence-corrected chi connectivity index (χ4v) is 1.47. The molecule has 0 saturated heterocycles. The Balaban J connectivity index is 2.58. The lowest BCUT2D eigenvalue weighted by Gasteiger charge is -2.17. The maximum atomic E-state index is 11.7. The molecule has 4 N–H and O–H groups in total. The molecule has 3 amide bonds. The fourth-order valence-electron chi connectivity index (χ4n) is 1.47. The lowest BCUT2D eigenvalue weighted by Crippen LogP contribution is -2.20. The molecule has 5 heteroatoms. The summed E-state index contributed by atoms with van der Waals surface area (Å²) >= 11 is 0. The van der Waals surface area contributed by atoms with Gasteiger partial charge in [-0.15, -0.1) is 0 Å². The minimum atomic E-state index is -0.612. The summed E-state index contributed by atoms with van der Waals surface area (Å²) < 4.78 is 0. The molecule has 1 aromatic carbocycles. The molecule has 0 aliphatic heterocycles. The zero-order chi connectivity index (χ0) is 13.8. The highest BCUT2D eigenvalue weighted by molar-refractivity contribution is 5.92. The van der Waals surface area contributed by atoms with Crippen LogP contribution in [0.3, 0.4) is 0 Å². The molecule has 0 radical (unpaired) electrons. The highest BCUT2D eigenvalue weighted by Gasteiger charge is 2.15. The summed E-state index contributed by atoms with van der Waals surface area (Å²) in [6, 6.07) is 6.17. The van der Waals surface area contributed by atoms with Gasteiger partial charge in [-0.25, -0.2) is 4.79 Å². The zero-order valence-corrected chi connectivity index (χ0v) is 10.9.